The summed E-state index contributed by atoms with van der Waals surface area (Å²) in [6, 6.07) is 3.71. The zero-order valence-electron chi connectivity index (χ0n) is 20.9. The minimum absolute atomic E-state index is 0.0428. The van der Waals surface area contributed by atoms with E-state index in [1.54, 1.807) is 0 Å². The van der Waals surface area contributed by atoms with Gasteiger partial charge in [-0.3, -0.25) is 4.90 Å². The number of benzene rings is 1. The molecule has 3 heterocycles. The fraction of sp³-hybridized carbons (Fsp3) is 0.593. The molecule has 4 N–H and O–H groups in total. The van der Waals surface area contributed by atoms with Gasteiger partial charge in [0.25, 0.3) is 0 Å². The number of carbonyl (C=O) groups excluding carboxylic acids is 1. The molecule has 3 aliphatic heterocycles. The van der Waals surface area contributed by atoms with E-state index in [2.05, 4.69) is 38.3 Å². The highest BCUT2D eigenvalue weighted by atomic mass is 19.4. The normalized spacial score (nSPS) is 29.6. The zero-order chi connectivity index (χ0) is 25.8. The number of allylic oxidation sites excluding steroid dienone is 3. The van der Waals surface area contributed by atoms with Crippen LogP contribution in [0.2, 0.25) is 0 Å². The Morgan fingerprint density at radius 1 is 1.14 bits per heavy atom. The maximum atomic E-state index is 13.5. The molecule has 1 aromatic carbocycles. The molecule has 10 heteroatoms. The first-order chi connectivity index (χ1) is 17.9. The largest absolute Gasteiger partial charge is 0.416 e. The average Bonchev–Trinajstić information content (AvgIpc) is 2.91. The van der Waals surface area contributed by atoms with Gasteiger partial charge in [-0.2, -0.15) is 13.2 Å². The van der Waals surface area contributed by atoms with E-state index in [1.165, 1.54) is 12.1 Å². The van der Waals surface area contributed by atoms with Crippen LogP contribution in [0.3, 0.4) is 0 Å². The van der Waals surface area contributed by atoms with Crippen LogP contribution in [0.5, 0.6) is 0 Å². The summed E-state index contributed by atoms with van der Waals surface area (Å²) in [6.45, 7) is 5.56. The monoisotopic (exact) mass is 519 g/mol. The van der Waals surface area contributed by atoms with Crippen molar-refractivity contribution in [1.82, 2.24) is 20.9 Å². The summed E-state index contributed by atoms with van der Waals surface area (Å²) in [4.78, 5) is 14.7. The summed E-state index contributed by atoms with van der Waals surface area (Å²) in [5.41, 5.74) is 0.580. The van der Waals surface area contributed by atoms with E-state index in [1.807, 2.05) is 12.2 Å². The molecule has 2 fully saturated rings. The molecule has 0 aromatic heterocycles. The first-order valence-corrected chi connectivity index (χ1v) is 13.3. The summed E-state index contributed by atoms with van der Waals surface area (Å²) in [7, 11) is 0. The lowest BCUT2D eigenvalue weighted by atomic mass is 9.73. The van der Waals surface area contributed by atoms with Crippen molar-refractivity contribution in [2.75, 3.05) is 51.1 Å². The van der Waals surface area contributed by atoms with Gasteiger partial charge in [0.05, 0.1) is 17.8 Å². The number of ether oxygens (including phenoxy) is 1. The number of fused-ring (bicyclic) bond motifs is 3. The van der Waals surface area contributed by atoms with Crippen LogP contribution >= 0.6 is 0 Å². The van der Waals surface area contributed by atoms with Gasteiger partial charge in [0.1, 0.15) is 0 Å². The second-order valence-corrected chi connectivity index (χ2v) is 10.3. The first kappa shape index (κ1) is 26.1. The number of urea groups is 1. The Morgan fingerprint density at radius 2 is 1.97 bits per heavy atom. The lowest BCUT2D eigenvalue weighted by molar-refractivity contribution is -0.138. The smallest absolute Gasteiger partial charge is 0.381 e. The molecule has 1 unspecified atom stereocenters. The number of rotatable bonds is 6. The molecule has 7 nitrogen and oxygen atoms in total. The molecule has 0 saturated carbocycles. The molecule has 202 valence electrons. The van der Waals surface area contributed by atoms with E-state index < -0.39 is 17.8 Å². The third-order valence-electron chi connectivity index (χ3n) is 7.91. The maximum Gasteiger partial charge on any atom is 0.416 e. The molecule has 1 aromatic rings. The lowest BCUT2D eigenvalue weighted by Gasteiger charge is -2.47. The Labute approximate surface area is 215 Å². The average molecular weight is 520 g/mol. The van der Waals surface area contributed by atoms with Gasteiger partial charge in [-0.1, -0.05) is 24.3 Å². The van der Waals surface area contributed by atoms with E-state index in [0.29, 0.717) is 24.3 Å². The van der Waals surface area contributed by atoms with E-state index in [9.17, 15) is 18.0 Å². The number of carbonyl (C=O) groups is 1. The number of piperazine rings is 1. The molecule has 37 heavy (non-hydrogen) atoms. The van der Waals surface area contributed by atoms with Crippen molar-refractivity contribution in [2.45, 2.75) is 43.7 Å². The highest BCUT2D eigenvalue weighted by molar-refractivity contribution is 5.73. The quantitative estimate of drug-likeness (QED) is 0.462. The third-order valence-corrected chi connectivity index (χ3v) is 7.91. The Hall–Kier alpha value is -2.56. The predicted octanol–water partition coefficient (Wildman–Crippen LogP) is 3.67. The van der Waals surface area contributed by atoms with Crippen LogP contribution in [0.1, 0.15) is 36.5 Å². The maximum absolute atomic E-state index is 13.5. The summed E-state index contributed by atoms with van der Waals surface area (Å²) in [5.74, 6) is 0.286. The van der Waals surface area contributed by atoms with Crippen molar-refractivity contribution in [3.8, 4) is 0 Å². The third kappa shape index (κ3) is 6.30. The number of anilines is 1. The van der Waals surface area contributed by atoms with Gasteiger partial charge in [0.2, 0.25) is 0 Å². The van der Waals surface area contributed by atoms with Gasteiger partial charge in [-0.25, -0.2) is 4.79 Å². The molecule has 1 aliphatic carbocycles. The molecule has 4 aliphatic rings. The van der Waals surface area contributed by atoms with Gasteiger partial charge in [0, 0.05) is 74.9 Å². The summed E-state index contributed by atoms with van der Waals surface area (Å²) in [5, 5.41) is 12.6. The second kappa shape index (κ2) is 11.4. The number of halogens is 3. The molecule has 2 saturated heterocycles. The van der Waals surface area contributed by atoms with Crippen LogP contribution in [0, 0.1) is 11.8 Å². The van der Waals surface area contributed by atoms with Crippen LogP contribution in [-0.2, 0) is 10.9 Å². The van der Waals surface area contributed by atoms with Crippen LogP contribution in [0.15, 0.2) is 42.5 Å². The van der Waals surface area contributed by atoms with Crippen LogP contribution < -0.4 is 21.3 Å². The number of nitrogens with one attached hydrogen (secondary N) is 4. The van der Waals surface area contributed by atoms with E-state index in [-0.39, 0.29) is 30.0 Å². The fourth-order valence-electron chi connectivity index (χ4n) is 5.94. The SMILES string of the molecule is O=C(NCCN1CCNCC1)NC[C@H]1CC[C@@H]2[C@H](O1)c1cc(C(F)(F)F)ccc1N[C@H]2C1C=CC=CC1. The van der Waals surface area contributed by atoms with Crippen LogP contribution in [0.25, 0.3) is 0 Å². The van der Waals surface area contributed by atoms with Crippen LogP contribution in [-0.4, -0.2) is 68.9 Å². The molecule has 5 atom stereocenters. The Bertz CT molecular complexity index is 1010. The lowest BCUT2D eigenvalue weighted by Crippen LogP contribution is -2.50. The molecular weight excluding hydrogens is 483 g/mol. The van der Waals surface area contributed by atoms with Crippen molar-refractivity contribution in [3.63, 3.8) is 0 Å². The molecule has 0 bridgehead atoms. The topological polar surface area (TPSA) is 77.7 Å². The Kier molecular flexibility index (Phi) is 8.07. The van der Waals surface area contributed by atoms with Gasteiger partial charge >= 0.3 is 12.2 Å². The van der Waals surface area contributed by atoms with Crippen molar-refractivity contribution in [1.29, 1.82) is 0 Å². The molecule has 0 spiro atoms. The van der Waals surface area contributed by atoms with Gasteiger partial charge < -0.3 is 26.0 Å². The van der Waals surface area contributed by atoms with Gasteiger partial charge in [0.15, 0.2) is 0 Å². The van der Waals surface area contributed by atoms with Crippen molar-refractivity contribution in [3.05, 3.63) is 53.6 Å². The van der Waals surface area contributed by atoms with Crippen molar-refractivity contribution >= 4 is 11.7 Å². The Balaban J connectivity index is 1.23. The van der Waals surface area contributed by atoms with Gasteiger partial charge in [-0.15, -0.1) is 0 Å². The van der Waals surface area contributed by atoms with Crippen molar-refractivity contribution < 1.29 is 22.7 Å². The van der Waals surface area contributed by atoms with Gasteiger partial charge in [-0.05, 0) is 37.5 Å². The molecule has 5 rings (SSSR count). The summed E-state index contributed by atoms with van der Waals surface area (Å²) in [6.07, 6.45) is 5.64. The van der Waals surface area contributed by atoms with E-state index >= 15 is 0 Å². The predicted molar refractivity (Wildman–Crippen MR) is 136 cm³/mol. The minimum Gasteiger partial charge on any atom is -0.381 e. The highest BCUT2D eigenvalue weighted by Gasteiger charge is 2.45. The summed E-state index contributed by atoms with van der Waals surface area (Å²) >= 11 is 0. The van der Waals surface area contributed by atoms with Crippen LogP contribution in [0.4, 0.5) is 23.7 Å². The number of amides is 2. The zero-order valence-corrected chi connectivity index (χ0v) is 20.9. The molecular formula is C27H36F3N5O2. The number of hydrogen-bond donors (Lipinski definition) is 4. The Morgan fingerprint density at radius 3 is 2.73 bits per heavy atom. The highest BCUT2D eigenvalue weighted by Crippen LogP contribution is 2.49. The number of alkyl halides is 3. The summed E-state index contributed by atoms with van der Waals surface area (Å²) < 4.78 is 47.0. The van der Waals surface area contributed by atoms with E-state index in [0.717, 1.165) is 58.1 Å². The number of nitrogens with zero attached hydrogens (tertiary/aromatic N) is 1. The molecule has 0 radical (unpaired) electrons. The molecule has 2 amide bonds. The van der Waals surface area contributed by atoms with Crippen molar-refractivity contribution in [2.24, 2.45) is 11.8 Å². The number of hydrogen-bond acceptors (Lipinski definition) is 5. The minimum atomic E-state index is -4.42. The fourth-order valence-corrected chi connectivity index (χ4v) is 5.94. The second-order valence-electron chi connectivity index (χ2n) is 10.3. The first-order valence-electron chi connectivity index (χ1n) is 13.3. The standard InChI is InChI=1S/C27H36F3N5O2/c28-27(29,30)19-6-9-23-22(16-19)25-21(24(34-23)18-4-2-1-3-5-18)8-7-20(37-25)17-33-26(36)32-12-15-35-13-10-31-11-14-35/h1-4,6,9,16,18,20-21,24-25,31,34H,5,7-8,10-15,17H2,(H2,32,33,36)/t18?,20-,21+,24+,25+/m1/s1. The van der Waals surface area contributed by atoms with E-state index in [4.69, 9.17) is 4.74 Å².